The maximum Gasteiger partial charge on any atom is 0.241 e. The van der Waals surface area contributed by atoms with Crippen LogP contribution in [0.1, 0.15) is 30.5 Å². The molecule has 1 amide bonds. The minimum Gasteiger partial charge on any atom is -0.295 e. The van der Waals surface area contributed by atoms with Crippen molar-refractivity contribution in [3.05, 3.63) is 76.0 Å². The zero-order chi connectivity index (χ0) is 16.4. The van der Waals surface area contributed by atoms with Crippen LogP contribution in [0.15, 0.2) is 59.1 Å². The number of benzene rings is 2. The van der Waals surface area contributed by atoms with E-state index in [9.17, 15) is 9.18 Å². The van der Waals surface area contributed by atoms with Crippen LogP contribution in [0.3, 0.4) is 0 Å². The fourth-order valence-electron chi connectivity index (χ4n) is 2.55. The van der Waals surface area contributed by atoms with E-state index in [0.29, 0.717) is 6.42 Å². The van der Waals surface area contributed by atoms with Crippen molar-refractivity contribution in [2.24, 2.45) is 0 Å². The predicted octanol–water partition coefficient (Wildman–Crippen LogP) is 4.43. The Morgan fingerprint density at radius 2 is 1.83 bits per heavy atom. The molecule has 0 aliphatic carbocycles. The van der Waals surface area contributed by atoms with Crippen LogP contribution < -0.4 is 5.43 Å². The Labute approximate surface area is 142 Å². The van der Waals surface area contributed by atoms with Gasteiger partial charge in [-0.25, -0.2) is 9.40 Å². The first kappa shape index (κ1) is 15.7. The third-order valence-electron chi connectivity index (χ3n) is 3.78. The number of nitrogens with zero attached hydrogens (tertiary/aromatic N) is 1. The second-order valence-corrected chi connectivity index (χ2v) is 6.23. The van der Waals surface area contributed by atoms with Gasteiger partial charge in [0.05, 0.1) is 11.7 Å². The number of hydrogen-bond donors (Lipinski definition) is 1. The number of rotatable bonds is 3. The molecule has 1 aliphatic heterocycles. The Bertz CT molecular complexity index is 741. The lowest BCUT2D eigenvalue weighted by Gasteiger charge is -2.25. The van der Waals surface area contributed by atoms with Gasteiger partial charge in [-0.15, -0.1) is 0 Å². The molecule has 0 fully saturated rings. The third kappa shape index (κ3) is 3.29. The summed E-state index contributed by atoms with van der Waals surface area (Å²) in [5.41, 5.74) is 5.91. The Morgan fingerprint density at radius 1 is 1.17 bits per heavy atom. The molecule has 0 saturated heterocycles. The van der Waals surface area contributed by atoms with Crippen LogP contribution in [0.25, 0.3) is 5.70 Å². The summed E-state index contributed by atoms with van der Waals surface area (Å²) < 4.78 is 14.2. The standard InChI is InChI=1S/C18H16BrFN2O/c1-2-18(23)22-17(13-5-9-15(20)10-6-13)11-16(21-22)12-3-7-14(19)8-4-12/h3-11,17,21H,2H2,1H3/t17-/m0/s1. The van der Waals surface area contributed by atoms with Crippen LogP contribution in [-0.2, 0) is 4.79 Å². The monoisotopic (exact) mass is 374 g/mol. The molecule has 2 aromatic carbocycles. The van der Waals surface area contributed by atoms with E-state index in [1.807, 2.05) is 37.3 Å². The molecule has 2 aromatic rings. The lowest BCUT2D eigenvalue weighted by Crippen LogP contribution is -2.39. The van der Waals surface area contributed by atoms with Crippen LogP contribution in [0.4, 0.5) is 4.39 Å². The number of hydrogen-bond acceptors (Lipinski definition) is 2. The van der Waals surface area contributed by atoms with Gasteiger partial charge in [-0.3, -0.25) is 10.2 Å². The number of carbonyl (C=O) groups is 1. The van der Waals surface area contributed by atoms with E-state index in [2.05, 4.69) is 21.4 Å². The zero-order valence-electron chi connectivity index (χ0n) is 12.6. The average Bonchev–Trinajstić information content (AvgIpc) is 3.00. The summed E-state index contributed by atoms with van der Waals surface area (Å²) in [6.07, 6.45) is 2.39. The number of nitrogens with one attached hydrogen (secondary N) is 1. The highest BCUT2D eigenvalue weighted by Crippen LogP contribution is 2.32. The molecule has 118 valence electrons. The highest BCUT2D eigenvalue weighted by Gasteiger charge is 2.29. The second-order valence-electron chi connectivity index (χ2n) is 5.31. The maximum absolute atomic E-state index is 13.2. The highest BCUT2D eigenvalue weighted by molar-refractivity contribution is 9.10. The van der Waals surface area contributed by atoms with Crippen LogP contribution in [0, 0.1) is 5.82 Å². The molecule has 0 saturated carbocycles. The Hall–Kier alpha value is -2.14. The average molecular weight is 375 g/mol. The van der Waals surface area contributed by atoms with Crippen molar-refractivity contribution < 1.29 is 9.18 Å². The molecular formula is C18H16BrFN2O. The van der Waals surface area contributed by atoms with E-state index in [1.165, 1.54) is 12.1 Å². The molecule has 0 bridgehead atoms. The van der Waals surface area contributed by atoms with E-state index < -0.39 is 0 Å². The van der Waals surface area contributed by atoms with Crippen molar-refractivity contribution >= 4 is 27.5 Å². The Balaban J connectivity index is 1.96. The molecular weight excluding hydrogens is 359 g/mol. The highest BCUT2D eigenvalue weighted by atomic mass is 79.9. The lowest BCUT2D eigenvalue weighted by molar-refractivity contribution is -0.134. The van der Waals surface area contributed by atoms with Gasteiger partial charge in [-0.2, -0.15) is 0 Å². The topological polar surface area (TPSA) is 32.3 Å². The molecule has 0 unspecified atom stereocenters. The SMILES string of the molecule is CCC(=O)N1NC(c2ccc(Br)cc2)=C[C@H]1c1ccc(F)cc1. The molecule has 1 N–H and O–H groups in total. The maximum atomic E-state index is 13.2. The molecule has 0 spiro atoms. The molecule has 1 aliphatic rings. The fourth-order valence-corrected chi connectivity index (χ4v) is 2.82. The van der Waals surface area contributed by atoms with E-state index >= 15 is 0 Å². The number of carbonyl (C=O) groups excluding carboxylic acids is 1. The molecule has 1 atom stereocenters. The van der Waals surface area contributed by atoms with Crippen LogP contribution in [0.2, 0.25) is 0 Å². The van der Waals surface area contributed by atoms with E-state index in [-0.39, 0.29) is 17.8 Å². The number of hydrazine groups is 1. The molecule has 3 rings (SSSR count). The molecule has 0 radical (unpaired) electrons. The van der Waals surface area contributed by atoms with Crippen molar-refractivity contribution in [2.75, 3.05) is 0 Å². The molecule has 5 heteroatoms. The second kappa shape index (κ2) is 6.54. The normalized spacial score (nSPS) is 16.9. The molecule has 23 heavy (non-hydrogen) atoms. The van der Waals surface area contributed by atoms with Gasteiger partial charge >= 0.3 is 0 Å². The minimum absolute atomic E-state index is 0.0114. The lowest BCUT2D eigenvalue weighted by atomic mass is 10.0. The Morgan fingerprint density at radius 3 is 2.43 bits per heavy atom. The Kier molecular flexibility index (Phi) is 4.48. The summed E-state index contributed by atoms with van der Waals surface area (Å²) in [6, 6.07) is 13.9. The van der Waals surface area contributed by atoms with Crippen molar-refractivity contribution in [1.82, 2.24) is 10.4 Å². The van der Waals surface area contributed by atoms with Gasteiger partial charge in [0.1, 0.15) is 5.82 Å². The van der Waals surface area contributed by atoms with Crippen molar-refractivity contribution in [3.63, 3.8) is 0 Å². The van der Waals surface area contributed by atoms with Crippen LogP contribution >= 0.6 is 15.9 Å². The van der Waals surface area contributed by atoms with Gasteiger partial charge < -0.3 is 0 Å². The quantitative estimate of drug-likeness (QED) is 0.861. The van der Waals surface area contributed by atoms with Gasteiger partial charge in [0.2, 0.25) is 5.91 Å². The first-order chi connectivity index (χ1) is 11.1. The van der Waals surface area contributed by atoms with E-state index in [4.69, 9.17) is 0 Å². The fraction of sp³-hybridized carbons (Fsp3) is 0.167. The van der Waals surface area contributed by atoms with Crippen molar-refractivity contribution in [3.8, 4) is 0 Å². The first-order valence-corrected chi connectivity index (χ1v) is 8.19. The van der Waals surface area contributed by atoms with E-state index in [1.54, 1.807) is 17.1 Å². The van der Waals surface area contributed by atoms with Crippen LogP contribution in [-0.4, -0.2) is 10.9 Å². The summed E-state index contributed by atoms with van der Waals surface area (Å²) in [7, 11) is 0. The summed E-state index contributed by atoms with van der Waals surface area (Å²) >= 11 is 3.42. The largest absolute Gasteiger partial charge is 0.295 e. The summed E-state index contributed by atoms with van der Waals surface area (Å²) in [5.74, 6) is -0.298. The summed E-state index contributed by atoms with van der Waals surface area (Å²) in [5, 5.41) is 1.60. The van der Waals surface area contributed by atoms with Gasteiger partial charge in [0, 0.05) is 10.9 Å². The predicted molar refractivity (Wildman–Crippen MR) is 91.5 cm³/mol. The van der Waals surface area contributed by atoms with Crippen molar-refractivity contribution in [2.45, 2.75) is 19.4 Å². The van der Waals surface area contributed by atoms with Gasteiger partial charge in [0.15, 0.2) is 0 Å². The van der Waals surface area contributed by atoms with E-state index in [0.717, 1.165) is 21.3 Å². The number of halogens is 2. The third-order valence-corrected chi connectivity index (χ3v) is 4.31. The minimum atomic E-state index is -0.287. The number of amides is 1. The van der Waals surface area contributed by atoms with Crippen LogP contribution in [0.5, 0.6) is 0 Å². The molecule has 1 heterocycles. The smallest absolute Gasteiger partial charge is 0.241 e. The first-order valence-electron chi connectivity index (χ1n) is 7.40. The molecule has 0 aromatic heterocycles. The van der Waals surface area contributed by atoms with Gasteiger partial charge in [-0.1, -0.05) is 47.1 Å². The summed E-state index contributed by atoms with van der Waals surface area (Å²) in [4.78, 5) is 12.2. The molecule has 3 nitrogen and oxygen atoms in total. The van der Waals surface area contributed by atoms with Crippen molar-refractivity contribution in [1.29, 1.82) is 0 Å². The zero-order valence-corrected chi connectivity index (χ0v) is 14.2. The van der Waals surface area contributed by atoms with Gasteiger partial charge in [0.25, 0.3) is 0 Å². The van der Waals surface area contributed by atoms with Gasteiger partial charge in [-0.05, 0) is 41.5 Å². The summed E-state index contributed by atoms with van der Waals surface area (Å²) in [6.45, 7) is 1.82.